The van der Waals surface area contributed by atoms with E-state index in [0.717, 1.165) is 15.1 Å². The number of carbonyl (C=O) groups is 1. The zero-order chi connectivity index (χ0) is 20.1. The molecular formula is C21H22N2O4S. The van der Waals surface area contributed by atoms with Gasteiger partial charge >= 0.3 is 0 Å². The summed E-state index contributed by atoms with van der Waals surface area (Å²) in [6, 6.07) is 19.5. The fraction of sp³-hybridized carbons (Fsp3) is 0.190. The first-order valence-corrected chi connectivity index (χ1v) is 10.3. The van der Waals surface area contributed by atoms with Gasteiger partial charge in [0.2, 0.25) is 15.9 Å². The van der Waals surface area contributed by atoms with Crippen molar-refractivity contribution >= 4 is 32.4 Å². The zero-order valence-electron chi connectivity index (χ0n) is 15.8. The van der Waals surface area contributed by atoms with Crippen molar-refractivity contribution in [2.24, 2.45) is 0 Å². The van der Waals surface area contributed by atoms with Crippen molar-refractivity contribution in [3.05, 3.63) is 66.7 Å². The number of benzene rings is 3. The number of rotatable bonds is 7. The van der Waals surface area contributed by atoms with E-state index >= 15 is 0 Å². The van der Waals surface area contributed by atoms with E-state index in [-0.39, 0.29) is 18.0 Å². The second-order valence-electron chi connectivity index (χ2n) is 6.19. The summed E-state index contributed by atoms with van der Waals surface area (Å²) >= 11 is 0. The smallest absolute Gasteiger partial charge is 0.243 e. The number of para-hydroxylation sites is 2. The van der Waals surface area contributed by atoms with Gasteiger partial charge in [-0.3, -0.25) is 4.79 Å². The molecule has 0 aliphatic rings. The first-order valence-electron chi connectivity index (χ1n) is 8.87. The number of nitrogens with zero attached hydrogens (tertiary/aromatic N) is 1. The Labute approximate surface area is 164 Å². The Hall–Kier alpha value is -2.90. The minimum absolute atomic E-state index is 0.165. The number of anilines is 1. The summed E-state index contributed by atoms with van der Waals surface area (Å²) in [7, 11) is -2.30. The summed E-state index contributed by atoms with van der Waals surface area (Å²) in [5.41, 5.74) is 0.495. The van der Waals surface area contributed by atoms with Crippen LogP contribution in [0.15, 0.2) is 71.6 Å². The summed E-state index contributed by atoms with van der Waals surface area (Å²) in [6.45, 7) is 1.59. The number of fused-ring (bicyclic) bond motifs is 1. The van der Waals surface area contributed by atoms with Crippen molar-refractivity contribution in [1.82, 2.24) is 4.31 Å². The molecule has 3 rings (SSSR count). The number of hydrogen-bond donors (Lipinski definition) is 1. The highest BCUT2D eigenvalue weighted by Crippen LogP contribution is 2.24. The lowest BCUT2D eigenvalue weighted by Crippen LogP contribution is -2.37. The number of hydrogen-bond acceptors (Lipinski definition) is 4. The van der Waals surface area contributed by atoms with Gasteiger partial charge in [0, 0.05) is 6.54 Å². The van der Waals surface area contributed by atoms with Crippen LogP contribution in [-0.2, 0) is 14.8 Å². The SMILES string of the molecule is CCN(CC(=O)Nc1ccccc1OC)S(=O)(=O)c1ccc2ccccc2c1. The highest BCUT2D eigenvalue weighted by Gasteiger charge is 2.25. The van der Waals surface area contributed by atoms with Crippen LogP contribution in [-0.4, -0.2) is 38.8 Å². The largest absolute Gasteiger partial charge is 0.495 e. The molecular weight excluding hydrogens is 376 g/mol. The molecule has 0 aromatic heterocycles. The minimum atomic E-state index is -3.80. The number of likely N-dealkylation sites (N-methyl/N-ethyl adjacent to an activating group) is 1. The van der Waals surface area contributed by atoms with Gasteiger partial charge in [-0.1, -0.05) is 49.4 Å². The molecule has 1 amide bonds. The molecule has 0 aliphatic carbocycles. The molecule has 7 heteroatoms. The normalized spacial score (nSPS) is 11.5. The molecule has 0 bridgehead atoms. The quantitative estimate of drug-likeness (QED) is 0.661. The summed E-state index contributed by atoms with van der Waals surface area (Å²) in [5, 5.41) is 4.50. The second kappa shape index (κ2) is 8.41. The summed E-state index contributed by atoms with van der Waals surface area (Å²) in [4.78, 5) is 12.6. The summed E-state index contributed by atoms with van der Waals surface area (Å²) in [5.74, 6) is 0.0759. The maximum absolute atomic E-state index is 13.0. The van der Waals surface area contributed by atoms with Crippen LogP contribution < -0.4 is 10.1 Å². The second-order valence-corrected chi connectivity index (χ2v) is 8.13. The molecule has 0 unspecified atom stereocenters. The maximum atomic E-state index is 13.0. The van der Waals surface area contributed by atoms with Gasteiger partial charge in [-0.2, -0.15) is 4.31 Å². The van der Waals surface area contributed by atoms with E-state index in [1.807, 2.05) is 24.3 Å². The number of ether oxygens (including phenoxy) is 1. The van der Waals surface area contributed by atoms with Gasteiger partial charge < -0.3 is 10.1 Å². The Morgan fingerprint density at radius 3 is 2.39 bits per heavy atom. The molecule has 0 atom stereocenters. The maximum Gasteiger partial charge on any atom is 0.243 e. The van der Waals surface area contributed by atoms with Crippen molar-refractivity contribution in [1.29, 1.82) is 0 Å². The lowest BCUT2D eigenvalue weighted by atomic mass is 10.1. The number of amides is 1. The molecule has 0 heterocycles. The lowest BCUT2D eigenvalue weighted by molar-refractivity contribution is -0.116. The van der Waals surface area contributed by atoms with Crippen LogP contribution in [0.4, 0.5) is 5.69 Å². The molecule has 3 aromatic rings. The highest BCUT2D eigenvalue weighted by atomic mass is 32.2. The zero-order valence-corrected chi connectivity index (χ0v) is 16.6. The monoisotopic (exact) mass is 398 g/mol. The van der Waals surface area contributed by atoms with E-state index in [1.165, 1.54) is 7.11 Å². The van der Waals surface area contributed by atoms with Crippen LogP contribution in [0.3, 0.4) is 0 Å². The minimum Gasteiger partial charge on any atom is -0.495 e. The van der Waals surface area contributed by atoms with Crippen molar-refractivity contribution in [3.63, 3.8) is 0 Å². The average molecular weight is 398 g/mol. The van der Waals surface area contributed by atoms with Crippen LogP contribution in [0.5, 0.6) is 5.75 Å². The van der Waals surface area contributed by atoms with Crippen molar-refractivity contribution in [3.8, 4) is 5.75 Å². The molecule has 146 valence electrons. The number of carbonyl (C=O) groups excluding carboxylic acids is 1. The van der Waals surface area contributed by atoms with Gasteiger partial charge in [-0.15, -0.1) is 0 Å². The van der Waals surface area contributed by atoms with E-state index in [0.29, 0.717) is 11.4 Å². The lowest BCUT2D eigenvalue weighted by Gasteiger charge is -2.20. The first kappa shape index (κ1) is 19.9. The molecule has 6 nitrogen and oxygen atoms in total. The summed E-state index contributed by atoms with van der Waals surface area (Å²) in [6.07, 6.45) is 0. The molecule has 0 saturated heterocycles. The van der Waals surface area contributed by atoms with Gasteiger partial charge in [0.05, 0.1) is 24.2 Å². The number of nitrogens with one attached hydrogen (secondary N) is 1. The van der Waals surface area contributed by atoms with Crippen molar-refractivity contribution in [2.45, 2.75) is 11.8 Å². The molecule has 0 spiro atoms. The molecule has 0 saturated carbocycles. The van der Waals surface area contributed by atoms with E-state index in [2.05, 4.69) is 5.32 Å². The van der Waals surface area contributed by atoms with Gasteiger partial charge in [-0.05, 0) is 35.0 Å². The van der Waals surface area contributed by atoms with Crippen LogP contribution in [0, 0.1) is 0 Å². The Bertz CT molecular complexity index is 1100. The first-order chi connectivity index (χ1) is 13.5. The van der Waals surface area contributed by atoms with E-state index in [1.54, 1.807) is 49.4 Å². The predicted octanol–water partition coefficient (Wildman–Crippen LogP) is 3.50. The fourth-order valence-electron chi connectivity index (χ4n) is 2.94. The molecule has 0 aliphatic heterocycles. The molecule has 3 aromatic carbocycles. The van der Waals surface area contributed by atoms with Gasteiger partial charge in [0.1, 0.15) is 5.75 Å². The standard InChI is InChI=1S/C21H22N2O4S/c1-3-23(15-21(24)22-19-10-6-7-11-20(19)27-2)28(25,26)18-13-12-16-8-4-5-9-17(16)14-18/h4-14H,3,15H2,1-2H3,(H,22,24). The van der Waals surface area contributed by atoms with Crippen LogP contribution in [0.2, 0.25) is 0 Å². The Balaban J connectivity index is 1.81. The summed E-state index contributed by atoms with van der Waals surface area (Å²) < 4.78 is 32.4. The Morgan fingerprint density at radius 1 is 1.00 bits per heavy atom. The fourth-order valence-corrected chi connectivity index (χ4v) is 4.38. The molecule has 1 N–H and O–H groups in total. The van der Waals surface area contributed by atoms with Gasteiger partial charge in [-0.25, -0.2) is 8.42 Å². The third-order valence-corrected chi connectivity index (χ3v) is 6.33. The third kappa shape index (κ3) is 4.16. The van der Waals surface area contributed by atoms with Crippen LogP contribution >= 0.6 is 0 Å². The predicted molar refractivity (Wildman–Crippen MR) is 110 cm³/mol. The Kier molecular flexibility index (Phi) is 5.96. The number of methoxy groups -OCH3 is 1. The third-order valence-electron chi connectivity index (χ3n) is 4.41. The van der Waals surface area contributed by atoms with Gasteiger partial charge in [0.25, 0.3) is 0 Å². The average Bonchev–Trinajstić information content (AvgIpc) is 2.71. The molecule has 0 fully saturated rings. The molecule has 28 heavy (non-hydrogen) atoms. The Morgan fingerprint density at radius 2 is 1.68 bits per heavy atom. The topological polar surface area (TPSA) is 75.7 Å². The van der Waals surface area contributed by atoms with E-state index < -0.39 is 15.9 Å². The van der Waals surface area contributed by atoms with Crippen molar-refractivity contribution < 1.29 is 17.9 Å². The van der Waals surface area contributed by atoms with Crippen molar-refractivity contribution in [2.75, 3.05) is 25.5 Å². The molecule has 0 radical (unpaired) electrons. The van der Waals surface area contributed by atoms with Gasteiger partial charge in [0.15, 0.2) is 0 Å². The highest BCUT2D eigenvalue weighted by molar-refractivity contribution is 7.89. The van der Waals surface area contributed by atoms with E-state index in [4.69, 9.17) is 4.74 Å². The number of sulfonamides is 1. The van der Waals surface area contributed by atoms with Crippen LogP contribution in [0.1, 0.15) is 6.92 Å². The van der Waals surface area contributed by atoms with E-state index in [9.17, 15) is 13.2 Å². The van der Waals surface area contributed by atoms with Crippen LogP contribution in [0.25, 0.3) is 10.8 Å².